The third-order valence-corrected chi connectivity index (χ3v) is 6.78. The van der Waals surface area contributed by atoms with Crippen molar-refractivity contribution >= 4 is 67.0 Å². The van der Waals surface area contributed by atoms with Gasteiger partial charge in [0.15, 0.2) is 0 Å². The van der Waals surface area contributed by atoms with Gasteiger partial charge in [0, 0.05) is 22.2 Å². The smallest absolute Gasteiger partial charge is 0.0723 e. The minimum Gasteiger partial charge on any atom is -0.286 e. The lowest BCUT2D eigenvalue weighted by Gasteiger charge is -2.25. The second-order valence-corrected chi connectivity index (χ2v) is 10.2. The molecule has 22 heavy (non-hydrogen) atoms. The molecule has 0 saturated heterocycles. The lowest BCUT2D eigenvalue weighted by Crippen LogP contribution is -2.27. The maximum absolute atomic E-state index is 4.81. The largest absolute Gasteiger partial charge is 0.286 e. The van der Waals surface area contributed by atoms with Gasteiger partial charge in [-0.15, -0.1) is 22.7 Å². The predicted octanol–water partition coefficient (Wildman–Crippen LogP) is 6.18. The van der Waals surface area contributed by atoms with E-state index in [0.29, 0.717) is 12.1 Å². The van der Waals surface area contributed by atoms with E-state index >= 15 is 0 Å². The average Bonchev–Trinajstić information content (AvgIpc) is 3.12. The van der Waals surface area contributed by atoms with Crippen LogP contribution in [0.1, 0.15) is 35.4 Å². The maximum Gasteiger partial charge on any atom is 0.0723 e. The molecule has 0 unspecified atom stereocenters. The lowest BCUT2D eigenvalue weighted by molar-refractivity contribution is 0.390. The highest BCUT2D eigenvalue weighted by molar-refractivity contribution is 9.11. The van der Waals surface area contributed by atoms with Gasteiger partial charge in [0.1, 0.15) is 0 Å². The quantitative estimate of drug-likeness (QED) is 0.487. The van der Waals surface area contributed by atoms with Crippen molar-refractivity contribution in [1.82, 2.24) is 0 Å². The summed E-state index contributed by atoms with van der Waals surface area (Å²) in [6.07, 6.45) is 8.81. The Morgan fingerprint density at radius 3 is 1.64 bits per heavy atom. The van der Waals surface area contributed by atoms with E-state index < -0.39 is 0 Å². The van der Waals surface area contributed by atoms with Crippen LogP contribution in [0.4, 0.5) is 0 Å². The summed E-state index contributed by atoms with van der Waals surface area (Å²) in [5.41, 5.74) is 0. The number of thiophene rings is 2. The normalized spacial score (nSPS) is 22.8. The standard InChI is InChI=1S/C16H16Br2N2S2/c17-15-7-5-11(21-15)9-19-13-3-1-2-4-14(13)20-10-12-6-8-16(18)22-12/h5-10,13-14H,1-4H2/t13-,14-/m1/s1. The van der Waals surface area contributed by atoms with E-state index in [0.717, 1.165) is 20.4 Å². The van der Waals surface area contributed by atoms with Gasteiger partial charge in [0.05, 0.1) is 19.7 Å². The Bertz CT molecular complexity index is 617. The zero-order chi connectivity index (χ0) is 15.4. The Hall–Kier alpha value is -0.300. The first-order valence-electron chi connectivity index (χ1n) is 7.28. The van der Waals surface area contributed by atoms with Crippen LogP contribution in [-0.4, -0.2) is 24.5 Å². The third kappa shape index (κ3) is 4.60. The molecule has 2 aromatic heterocycles. The molecule has 116 valence electrons. The Labute approximate surface area is 155 Å². The second kappa shape index (κ2) is 7.99. The molecular formula is C16H16Br2N2S2. The molecule has 0 aliphatic heterocycles. The Kier molecular flexibility index (Phi) is 6.02. The third-order valence-electron chi connectivity index (χ3n) is 3.67. The first-order valence-corrected chi connectivity index (χ1v) is 10.5. The van der Waals surface area contributed by atoms with Crippen molar-refractivity contribution in [2.45, 2.75) is 37.8 Å². The van der Waals surface area contributed by atoms with E-state index in [-0.39, 0.29) is 0 Å². The highest BCUT2D eigenvalue weighted by Gasteiger charge is 2.23. The molecule has 0 radical (unpaired) electrons. The summed E-state index contributed by atoms with van der Waals surface area (Å²) in [7, 11) is 0. The van der Waals surface area contributed by atoms with E-state index in [4.69, 9.17) is 9.98 Å². The molecule has 0 N–H and O–H groups in total. The van der Waals surface area contributed by atoms with E-state index in [1.54, 1.807) is 22.7 Å². The Morgan fingerprint density at radius 1 is 0.818 bits per heavy atom. The number of halogens is 2. The van der Waals surface area contributed by atoms with Crippen LogP contribution in [0.25, 0.3) is 0 Å². The predicted molar refractivity (Wildman–Crippen MR) is 105 cm³/mol. The lowest BCUT2D eigenvalue weighted by atomic mass is 9.91. The molecule has 2 nitrogen and oxygen atoms in total. The van der Waals surface area contributed by atoms with Crippen molar-refractivity contribution in [3.05, 3.63) is 41.6 Å². The van der Waals surface area contributed by atoms with Crippen LogP contribution in [0, 0.1) is 0 Å². The maximum atomic E-state index is 4.81. The number of hydrogen-bond acceptors (Lipinski definition) is 4. The molecule has 0 aromatic carbocycles. The SMILES string of the molecule is Brc1ccc(C=N[C@@H]2CCCC[C@H]2N=Cc2ccc(Br)s2)s1. The highest BCUT2D eigenvalue weighted by Crippen LogP contribution is 2.26. The first kappa shape index (κ1) is 16.6. The van der Waals surface area contributed by atoms with Crippen LogP contribution in [-0.2, 0) is 0 Å². The second-order valence-electron chi connectivity index (χ2n) is 5.26. The van der Waals surface area contributed by atoms with E-state index in [1.807, 2.05) is 12.4 Å². The zero-order valence-corrected chi connectivity index (χ0v) is 16.7. The fourth-order valence-corrected chi connectivity index (χ4v) is 5.18. The minimum absolute atomic E-state index is 0.314. The van der Waals surface area contributed by atoms with Gasteiger partial charge in [-0.25, -0.2) is 0 Å². The molecule has 6 heteroatoms. The van der Waals surface area contributed by atoms with E-state index in [2.05, 4.69) is 56.1 Å². The van der Waals surface area contributed by atoms with Crippen LogP contribution in [0.3, 0.4) is 0 Å². The molecule has 1 fully saturated rings. The summed E-state index contributed by atoms with van der Waals surface area (Å²) in [5, 5.41) is 0. The van der Waals surface area contributed by atoms with Gasteiger partial charge in [-0.3, -0.25) is 9.98 Å². The fourth-order valence-electron chi connectivity index (χ4n) is 2.57. The molecule has 0 amide bonds. The van der Waals surface area contributed by atoms with E-state index in [9.17, 15) is 0 Å². The van der Waals surface area contributed by atoms with Crippen molar-refractivity contribution in [2.75, 3.05) is 0 Å². The monoisotopic (exact) mass is 458 g/mol. The van der Waals surface area contributed by atoms with Gasteiger partial charge in [0.2, 0.25) is 0 Å². The Balaban J connectivity index is 1.68. The summed E-state index contributed by atoms with van der Waals surface area (Å²) in [5.74, 6) is 0. The first-order chi connectivity index (χ1) is 10.7. The van der Waals surface area contributed by atoms with Crippen molar-refractivity contribution in [3.8, 4) is 0 Å². The van der Waals surface area contributed by atoms with Gasteiger partial charge in [-0.2, -0.15) is 0 Å². The molecule has 2 heterocycles. The summed E-state index contributed by atoms with van der Waals surface area (Å²) >= 11 is 10.4. The van der Waals surface area contributed by atoms with E-state index in [1.165, 1.54) is 22.6 Å². The summed E-state index contributed by atoms with van der Waals surface area (Å²) < 4.78 is 2.30. The van der Waals surface area contributed by atoms with Gasteiger partial charge >= 0.3 is 0 Å². The van der Waals surface area contributed by atoms with Gasteiger partial charge in [0.25, 0.3) is 0 Å². The summed E-state index contributed by atoms with van der Waals surface area (Å²) in [6, 6.07) is 8.96. The van der Waals surface area contributed by atoms with Crippen molar-refractivity contribution in [2.24, 2.45) is 9.98 Å². The van der Waals surface area contributed by atoms with Gasteiger partial charge < -0.3 is 0 Å². The van der Waals surface area contributed by atoms with Crippen LogP contribution in [0.15, 0.2) is 41.8 Å². The van der Waals surface area contributed by atoms with Gasteiger partial charge in [-0.1, -0.05) is 12.8 Å². The van der Waals surface area contributed by atoms with Gasteiger partial charge in [-0.05, 0) is 69.0 Å². The molecule has 1 aliphatic carbocycles. The molecule has 1 aliphatic rings. The molecule has 3 rings (SSSR count). The van der Waals surface area contributed by atoms with Crippen LogP contribution >= 0.6 is 54.5 Å². The van der Waals surface area contributed by atoms with Crippen molar-refractivity contribution < 1.29 is 0 Å². The molecule has 1 saturated carbocycles. The van der Waals surface area contributed by atoms with Crippen molar-refractivity contribution in [3.63, 3.8) is 0 Å². The fraction of sp³-hybridized carbons (Fsp3) is 0.375. The molecule has 0 bridgehead atoms. The number of aliphatic imine (C=N–C) groups is 2. The average molecular weight is 460 g/mol. The van der Waals surface area contributed by atoms with Crippen LogP contribution in [0.5, 0.6) is 0 Å². The number of rotatable bonds is 4. The molecule has 0 spiro atoms. The topological polar surface area (TPSA) is 24.7 Å². The zero-order valence-electron chi connectivity index (χ0n) is 11.9. The van der Waals surface area contributed by atoms with Crippen LogP contribution < -0.4 is 0 Å². The minimum atomic E-state index is 0.314. The molecular weight excluding hydrogens is 444 g/mol. The number of nitrogens with zero attached hydrogens (tertiary/aromatic N) is 2. The molecule has 2 atom stereocenters. The molecule has 2 aromatic rings. The highest BCUT2D eigenvalue weighted by atomic mass is 79.9. The van der Waals surface area contributed by atoms with Crippen molar-refractivity contribution in [1.29, 1.82) is 0 Å². The number of hydrogen-bond donors (Lipinski definition) is 0. The van der Waals surface area contributed by atoms with Crippen LogP contribution in [0.2, 0.25) is 0 Å². The summed E-state index contributed by atoms with van der Waals surface area (Å²) in [4.78, 5) is 12.0. The summed E-state index contributed by atoms with van der Waals surface area (Å²) in [6.45, 7) is 0. The Morgan fingerprint density at radius 2 is 1.27 bits per heavy atom.